The summed E-state index contributed by atoms with van der Waals surface area (Å²) in [5.74, 6) is 0.199. The minimum absolute atomic E-state index is 0.120. The van der Waals surface area contributed by atoms with E-state index in [1.54, 1.807) is 7.05 Å². The highest BCUT2D eigenvalue weighted by Crippen LogP contribution is 2.38. The van der Waals surface area contributed by atoms with E-state index >= 15 is 0 Å². The SMILES string of the molecule is CNc1nc(Nc2c(Cl)cc(C(N)=O)c(OC)c2CCO)ncc1Cl. The number of primary amides is 1. The summed E-state index contributed by atoms with van der Waals surface area (Å²) in [4.78, 5) is 19.9. The molecular formula is C15H17Cl2N5O3. The van der Waals surface area contributed by atoms with E-state index in [4.69, 9.17) is 33.7 Å². The summed E-state index contributed by atoms with van der Waals surface area (Å²) in [6.07, 6.45) is 1.61. The zero-order valence-electron chi connectivity index (χ0n) is 13.6. The number of nitrogens with two attached hydrogens (primary N) is 1. The Labute approximate surface area is 154 Å². The van der Waals surface area contributed by atoms with Crippen LogP contribution < -0.4 is 21.1 Å². The Balaban J connectivity index is 2.58. The summed E-state index contributed by atoms with van der Waals surface area (Å²) in [5.41, 5.74) is 6.38. The number of nitrogens with one attached hydrogen (secondary N) is 2. The maximum absolute atomic E-state index is 11.6. The highest BCUT2D eigenvalue weighted by molar-refractivity contribution is 6.34. The van der Waals surface area contributed by atoms with Crippen LogP contribution in [0.2, 0.25) is 10.0 Å². The molecule has 0 saturated heterocycles. The molecule has 0 fully saturated rings. The van der Waals surface area contributed by atoms with Crippen LogP contribution in [0.25, 0.3) is 0 Å². The summed E-state index contributed by atoms with van der Waals surface area (Å²) in [5, 5.41) is 15.7. The van der Waals surface area contributed by atoms with Crippen LogP contribution >= 0.6 is 23.2 Å². The maximum Gasteiger partial charge on any atom is 0.252 e. The number of benzene rings is 1. The molecule has 1 amide bonds. The third-order valence-electron chi connectivity index (χ3n) is 3.38. The average molecular weight is 386 g/mol. The first-order valence-electron chi connectivity index (χ1n) is 7.20. The van der Waals surface area contributed by atoms with Gasteiger partial charge in [0.1, 0.15) is 16.6 Å². The van der Waals surface area contributed by atoms with Crippen molar-refractivity contribution in [1.82, 2.24) is 9.97 Å². The van der Waals surface area contributed by atoms with Gasteiger partial charge in [0, 0.05) is 25.6 Å². The Morgan fingerprint density at radius 2 is 2.12 bits per heavy atom. The molecule has 1 aromatic heterocycles. The number of halogens is 2. The molecule has 134 valence electrons. The van der Waals surface area contributed by atoms with E-state index in [1.165, 1.54) is 19.4 Å². The Bertz CT molecular complexity index is 801. The van der Waals surface area contributed by atoms with Gasteiger partial charge in [-0.3, -0.25) is 4.79 Å². The molecule has 5 N–H and O–H groups in total. The Hall–Kier alpha value is -2.29. The van der Waals surface area contributed by atoms with Gasteiger partial charge in [0.05, 0.1) is 29.6 Å². The van der Waals surface area contributed by atoms with Gasteiger partial charge in [-0.15, -0.1) is 0 Å². The lowest BCUT2D eigenvalue weighted by Gasteiger charge is -2.18. The fraction of sp³-hybridized carbons (Fsp3) is 0.267. The number of aliphatic hydroxyl groups is 1. The summed E-state index contributed by atoms with van der Waals surface area (Å²) < 4.78 is 5.30. The van der Waals surface area contributed by atoms with E-state index in [9.17, 15) is 9.90 Å². The predicted octanol–water partition coefficient (Wildman–Crippen LogP) is 2.21. The summed E-state index contributed by atoms with van der Waals surface area (Å²) in [6.45, 7) is -0.188. The van der Waals surface area contributed by atoms with Crippen LogP contribution in [0.5, 0.6) is 5.75 Å². The van der Waals surface area contributed by atoms with Gasteiger partial charge in [0.25, 0.3) is 5.91 Å². The Kier molecular flexibility index (Phi) is 6.24. The molecule has 2 rings (SSSR count). The third-order valence-corrected chi connectivity index (χ3v) is 3.95. The van der Waals surface area contributed by atoms with E-state index in [0.717, 1.165) is 0 Å². The van der Waals surface area contributed by atoms with Crippen LogP contribution in [-0.4, -0.2) is 41.7 Å². The van der Waals surface area contributed by atoms with E-state index in [-0.39, 0.29) is 35.3 Å². The number of amides is 1. The standard InChI is InChI=1S/C15H17Cl2N5O3/c1-19-14-10(17)6-20-15(22-14)21-11-7(3-4-23)12(25-2)8(13(18)24)5-9(11)16/h5-6,23H,3-4H2,1-2H3,(H2,18,24)(H2,19,20,21,22). The smallest absolute Gasteiger partial charge is 0.252 e. The first-order chi connectivity index (χ1) is 11.9. The molecule has 0 radical (unpaired) electrons. The van der Waals surface area contributed by atoms with Crippen molar-refractivity contribution in [2.24, 2.45) is 5.73 Å². The monoisotopic (exact) mass is 385 g/mol. The number of hydrogen-bond donors (Lipinski definition) is 4. The van der Waals surface area contributed by atoms with Crippen molar-refractivity contribution < 1.29 is 14.6 Å². The van der Waals surface area contributed by atoms with Crippen molar-refractivity contribution in [3.8, 4) is 5.75 Å². The molecule has 0 bridgehead atoms. The molecule has 8 nitrogen and oxygen atoms in total. The minimum Gasteiger partial charge on any atom is -0.496 e. The predicted molar refractivity (Wildman–Crippen MR) is 97.2 cm³/mol. The number of ether oxygens (including phenoxy) is 1. The Morgan fingerprint density at radius 1 is 1.40 bits per heavy atom. The van der Waals surface area contributed by atoms with Crippen LogP contribution in [0.3, 0.4) is 0 Å². The second kappa shape index (κ2) is 8.19. The van der Waals surface area contributed by atoms with Gasteiger partial charge in [0.2, 0.25) is 5.95 Å². The van der Waals surface area contributed by atoms with Gasteiger partial charge in [-0.25, -0.2) is 4.98 Å². The molecule has 0 spiro atoms. The van der Waals surface area contributed by atoms with Crippen LogP contribution in [-0.2, 0) is 6.42 Å². The molecule has 2 aromatic rings. The largest absolute Gasteiger partial charge is 0.496 e. The second-order valence-corrected chi connectivity index (χ2v) is 5.71. The minimum atomic E-state index is -0.690. The number of aliphatic hydroxyl groups excluding tert-OH is 1. The number of methoxy groups -OCH3 is 1. The fourth-order valence-corrected chi connectivity index (χ4v) is 2.76. The molecule has 1 aromatic carbocycles. The zero-order valence-corrected chi connectivity index (χ0v) is 15.1. The third kappa shape index (κ3) is 4.04. The van der Waals surface area contributed by atoms with Crippen molar-refractivity contribution in [3.63, 3.8) is 0 Å². The molecule has 0 aliphatic rings. The lowest BCUT2D eigenvalue weighted by atomic mass is 10.0. The lowest BCUT2D eigenvalue weighted by molar-refractivity contribution is 0.0997. The molecule has 0 saturated carbocycles. The number of anilines is 3. The first-order valence-corrected chi connectivity index (χ1v) is 7.95. The van der Waals surface area contributed by atoms with Crippen molar-refractivity contribution in [2.75, 3.05) is 31.4 Å². The number of rotatable bonds is 7. The van der Waals surface area contributed by atoms with Gasteiger partial charge in [-0.05, 0) is 6.07 Å². The molecular weight excluding hydrogens is 369 g/mol. The van der Waals surface area contributed by atoms with Gasteiger partial charge >= 0.3 is 0 Å². The molecule has 25 heavy (non-hydrogen) atoms. The zero-order chi connectivity index (χ0) is 18.6. The molecule has 0 aliphatic heterocycles. The molecule has 0 atom stereocenters. The van der Waals surface area contributed by atoms with E-state index in [0.29, 0.717) is 22.1 Å². The van der Waals surface area contributed by atoms with Crippen molar-refractivity contribution in [3.05, 3.63) is 33.4 Å². The fourth-order valence-electron chi connectivity index (χ4n) is 2.30. The number of carbonyl (C=O) groups excluding carboxylic acids is 1. The van der Waals surface area contributed by atoms with Crippen LogP contribution in [0.1, 0.15) is 15.9 Å². The average Bonchev–Trinajstić information content (AvgIpc) is 2.59. The first kappa shape index (κ1) is 19.0. The molecule has 10 heteroatoms. The molecule has 0 unspecified atom stereocenters. The van der Waals surface area contributed by atoms with Gasteiger partial charge in [0.15, 0.2) is 0 Å². The van der Waals surface area contributed by atoms with E-state index < -0.39 is 5.91 Å². The summed E-state index contributed by atoms with van der Waals surface area (Å²) in [7, 11) is 3.07. The molecule has 0 aliphatic carbocycles. The summed E-state index contributed by atoms with van der Waals surface area (Å²) in [6, 6.07) is 1.39. The Morgan fingerprint density at radius 3 is 2.68 bits per heavy atom. The quantitative estimate of drug-likeness (QED) is 0.575. The van der Waals surface area contributed by atoms with Crippen LogP contribution in [0.4, 0.5) is 17.5 Å². The second-order valence-electron chi connectivity index (χ2n) is 4.90. The van der Waals surface area contributed by atoms with Gasteiger partial charge < -0.3 is 26.2 Å². The number of hydrogen-bond acceptors (Lipinski definition) is 7. The summed E-state index contributed by atoms with van der Waals surface area (Å²) >= 11 is 12.3. The van der Waals surface area contributed by atoms with Gasteiger partial charge in [-0.2, -0.15) is 4.98 Å². The highest BCUT2D eigenvalue weighted by atomic mass is 35.5. The number of nitrogens with zero attached hydrogens (tertiary/aromatic N) is 2. The number of carbonyl (C=O) groups is 1. The van der Waals surface area contributed by atoms with Crippen LogP contribution in [0, 0.1) is 0 Å². The topological polar surface area (TPSA) is 122 Å². The van der Waals surface area contributed by atoms with Crippen LogP contribution in [0.15, 0.2) is 12.3 Å². The van der Waals surface area contributed by atoms with E-state index in [2.05, 4.69) is 20.6 Å². The van der Waals surface area contributed by atoms with Crippen molar-refractivity contribution in [1.29, 1.82) is 0 Å². The van der Waals surface area contributed by atoms with Crippen molar-refractivity contribution >= 4 is 46.6 Å². The normalized spacial score (nSPS) is 10.4. The highest BCUT2D eigenvalue weighted by Gasteiger charge is 2.21. The molecule has 1 heterocycles. The lowest BCUT2D eigenvalue weighted by Crippen LogP contribution is -2.15. The maximum atomic E-state index is 11.6. The van der Waals surface area contributed by atoms with E-state index in [1.807, 2.05) is 0 Å². The number of aromatic nitrogens is 2. The van der Waals surface area contributed by atoms with Crippen molar-refractivity contribution in [2.45, 2.75) is 6.42 Å². The van der Waals surface area contributed by atoms with Gasteiger partial charge in [-0.1, -0.05) is 23.2 Å².